The molecule has 2 bridgehead atoms. The van der Waals surface area contributed by atoms with Gasteiger partial charge in [0, 0.05) is 5.56 Å². The van der Waals surface area contributed by atoms with Gasteiger partial charge in [-0.25, -0.2) is 0 Å². The molecule has 0 fully saturated rings. The highest BCUT2D eigenvalue weighted by Gasteiger charge is 2.01. The molecular formula is C14H11ClO2. The number of ether oxygens (including phenoxy) is 1. The zero-order valence-electron chi connectivity index (χ0n) is 9.10. The second-order valence-electron chi connectivity index (χ2n) is 3.57. The summed E-state index contributed by atoms with van der Waals surface area (Å²) in [7, 11) is 0. The summed E-state index contributed by atoms with van der Waals surface area (Å²) >= 11 is 5.59. The Balaban J connectivity index is 0.000000127. The summed E-state index contributed by atoms with van der Waals surface area (Å²) in [5.74, 6) is 0.986. The van der Waals surface area contributed by atoms with Gasteiger partial charge in [-0.3, -0.25) is 4.79 Å². The van der Waals surface area contributed by atoms with Crippen LogP contribution < -0.4 is 4.74 Å². The van der Waals surface area contributed by atoms with Crippen LogP contribution in [0.4, 0.5) is 0 Å². The SMILES string of the molecule is O=Cc1ccccc1Cl.c1cc2ccc1CO2. The first-order chi connectivity index (χ1) is 8.29. The summed E-state index contributed by atoms with van der Waals surface area (Å²) < 4.78 is 5.18. The molecule has 17 heavy (non-hydrogen) atoms. The maximum absolute atomic E-state index is 10.1. The van der Waals surface area contributed by atoms with E-state index in [0.717, 1.165) is 18.6 Å². The topological polar surface area (TPSA) is 26.3 Å². The van der Waals surface area contributed by atoms with Crippen molar-refractivity contribution in [1.29, 1.82) is 0 Å². The molecule has 86 valence electrons. The molecule has 0 atom stereocenters. The van der Waals surface area contributed by atoms with E-state index >= 15 is 0 Å². The number of rotatable bonds is 1. The molecule has 0 saturated carbocycles. The fraction of sp³-hybridized carbons (Fsp3) is 0.0714. The molecule has 4 rings (SSSR count). The first-order valence-corrected chi connectivity index (χ1v) is 5.59. The minimum Gasteiger partial charge on any atom is -0.489 e. The second-order valence-corrected chi connectivity index (χ2v) is 3.98. The molecule has 2 heterocycles. The molecule has 0 N–H and O–H groups in total. The molecule has 2 aromatic carbocycles. The lowest BCUT2D eigenvalue weighted by Crippen LogP contribution is -2.00. The van der Waals surface area contributed by atoms with Gasteiger partial charge in [-0.05, 0) is 23.8 Å². The third kappa shape index (κ3) is 3.08. The van der Waals surface area contributed by atoms with Crippen LogP contribution in [-0.2, 0) is 6.61 Å². The molecule has 0 aliphatic carbocycles. The summed E-state index contributed by atoms with van der Waals surface area (Å²) in [4.78, 5) is 10.1. The average Bonchev–Trinajstić information content (AvgIpc) is 2.42. The first kappa shape index (κ1) is 11.7. The van der Waals surface area contributed by atoms with Gasteiger partial charge >= 0.3 is 0 Å². The quantitative estimate of drug-likeness (QED) is 0.717. The number of fused-ring (bicyclic) bond motifs is 3. The van der Waals surface area contributed by atoms with Crippen molar-refractivity contribution in [2.45, 2.75) is 6.61 Å². The number of aldehydes is 1. The molecule has 2 aliphatic rings. The highest BCUT2D eigenvalue weighted by Crippen LogP contribution is 2.19. The van der Waals surface area contributed by atoms with Crippen molar-refractivity contribution < 1.29 is 9.53 Å². The monoisotopic (exact) mass is 246 g/mol. The molecule has 0 radical (unpaired) electrons. The Morgan fingerprint density at radius 1 is 1.06 bits per heavy atom. The maximum Gasteiger partial charge on any atom is 0.151 e. The van der Waals surface area contributed by atoms with E-state index in [1.807, 2.05) is 12.1 Å². The third-order valence-corrected chi connectivity index (χ3v) is 2.71. The zero-order valence-corrected chi connectivity index (χ0v) is 9.85. The fourth-order valence-electron chi connectivity index (χ4n) is 1.42. The zero-order chi connectivity index (χ0) is 12.1. The summed E-state index contributed by atoms with van der Waals surface area (Å²) in [5, 5.41) is 0.507. The summed E-state index contributed by atoms with van der Waals surface area (Å²) in [6.07, 6.45) is 0.738. The lowest BCUT2D eigenvalue weighted by molar-refractivity contribution is 0.112. The van der Waals surface area contributed by atoms with Gasteiger partial charge in [-0.2, -0.15) is 0 Å². The smallest absolute Gasteiger partial charge is 0.151 e. The van der Waals surface area contributed by atoms with Crippen molar-refractivity contribution >= 4 is 17.9 Å². The number of carbonyl (C=O) groups excluding carboxylic acids is 1. The molecule has 0 spiro atoms. The van der Waals surface area contributed by atoms with Gasteiger partial charge in [0.25, 0.3) is 0 Å². The Morgan fingerprint density at radius 3 is 2.06 bits per heavy atom. The Bertz CT molecular complexity index is 483. The fourth-order valence-corrected chi connectivity index (χ4v) is 1.60. The van der Waals surface area contributed by atoms with Gasteiger partial charge in [0.15, 0.2) is 6.29 Å². The highest BCUT2D eigenvalue weighted by molar-refractivity contribution is 6.32. The van der Waals surface area contributed by atoms with E-state index in [2.05, 4.69) is 12.1 Å². The molecule has 2 aromatic rings. The van der Waals surface area contributed by atoms with Crippen LogP contribution in [0.25, 0.3) is 0 Å². The minimum absolute atomic E-state index is 0.507. The van der Waals surface area contributed by atoms with E-state index in [0.29, 0.717) is 10.6 Å². The number of hydrogen-bond acceptors (Lipinski definition) is 2. The molecule has 2 nitrogen and oxygen atoms in total. The second kappa shape index (κ2) is 5.51. The predicted octanol–water partition coefficient (Wildman–Crippen LogP) is 3.73. The molecule has 2 aliphatic heterocycles. The van der Waals surface area contributed by atoms with Gasteiger partial charge in [-0.15, -0.1) is 0 Å². The Morgan fingerprint density at radius 2 is 1.76 bits per heavy atom. The standard InChI is InChI=1S/C7H5ClO.C7H6O/c8-7-4-2-1-3-6(7)5-9;1-3-7-4-2-6(1)5-8-7/h1-5H;1-4H,5H2. The van der Waals surface area contributed by atoms with E-state index in [1.54, 1.807) is 24.3 Å². The summed E-state index contributed by atoms with van der Waals surface area (Å²) in [6.45, 7) is 0.766. The highest BCUT2D eigenvalue weighted by atomic mass is 35.5. The van der Waals surface area contributed by atoms with Crippen molar-refractivity contribution in [1.82, 2.24) is 0 Å². The molecule has 0 unspecified atom stereocenters. The number of hydrogen-bond donors (Lipinski definition) is 0. The van der Waals surface area contributed by atoms with Crippen LogP contribution in [0.5, 0.6) is 5.75 Å². The van der Waals surface area contributed by atoms with Crippen molar-refractivity contribution in [2.75, 3.05) is 0 Å². The van der Waals surface area contributed by atoms with Crippen LogP contribution >= 0.6 is 11.6 Å². The van der Waals surface area contributed by atoms with E-state index in [4.69, 9.17) is 16.3 Å². The van der Waals surface area contributed by atoms with Crippen LogP contribution in [0, 0.1) is 0 Å². The molecule has 3 heteroatoms. The molecule has 0 aromatic heterocycles. The van der Waals surface area contributed by atoms with E-state index in [9.17, 15) is 4.79 Å². The van der Waals surface area contributed by atoms with Crippen LogP contribution in [0.15, 0.2) is 48.5 Å². The predicted molar refractivity (Wildman–Crippen MR) is 67.6 cm³/mol. The number of carbonyl (C=O) groups is 1. The lowest BCUT2D eigenvalue weighted by atomic mass is 10.2. The van der Waals surface area contributed by atoms with Crippen molar-refractivity contribution in [3.8, 4) is 5.75 Å². The van der Waals surface area contributed by atoms with E-state index in [1.165, 1.54) is 5.56 Å². The van der Waals surface area contributed by atoms with Gasteiger partial charge in [-0.1, -0.05) is 41.9 Å². The van der Waals surface area contributed by atoms with E-state index in [-0.39, 0.29) is 0 Å². The van der Waals surface area contributed by atoms with Crippen LogP contribution in [0.2, 0.25) is 5.02 Å². The molecule has 0 saturated heterocycles. The summed E-state index contributed by atoms with van der Waals surface area (Å²) in [5.41, 5.74) is 1.80. The van der Waals surface area contributed by atoms with Gasteiger partial charge in [0.1, 0.15) is 12.4 Å². The van der Waals surface area contributed by atoms with Crippen LogP contribution in [-0.4, -0.2) is 6.29 Å². The minimum atomic E-state index is 0.507. The summed E-state index contributed by atoms with van der Waals surface area (Å²) in [6, 6.07) is 15.1. The average molecular weight is 247 g/mol. The number of halogens is 1. The van der Waals surface area contributed by atoms with Gasteiger partial charge < -0.3 is 4.74 Å². The van der Waals surface area contributed by atoms with Gasteiger partial charge in [0.05, 0.1) is 5.02 Å². The van der Waals surface area contributed by atoms with Crippen molar-refractivity contribution in [3.05, 3.63) is 64.7 Å². The van der Waals surface area contributed by atoms with Crippen LogP contribution in [0.1, 0.15) is 15.9 Å². The van der Waals surface area contributed by atoms with Gasteiger partial charge in [0.2, 0.25) is 0 Å². The third-order valence-electron chi connectivity index (χ3n) is 2.36. The normalized spacial score (nSPS) is 11.1. The Hall–Kier alpha value is -1.80. The largest absolute Gasteiger partial charge is 0.489 e. The molecular weight excluding hydrogens is 236 g/mol. The molecule has 0 amide bonds. The Kier molecular flexibility index (Phi) is 3.78. The van der Waals surface area contributed by atoms with Crippen LogP contribution in [0.3, 0.4) is 0 Å². The Labute approximate surface area is 105 Å². The first-order valence-electron chi connectivity index (χ1n) is 5.21. The number of benzene rings is 2. The lowest BCUT2D eigenvalue weighted by Gasteiger charge is -2.11. The van der Waals surface area contributed by atoms with Crippen molar-refractivity contribution in [3.63, 3.8) is 0 Å². The van der Waals surface area contributed by atoms with Crippen molar-refractivity contribution in [2.24, 2.45) is 0 Å². The van der Waals surface area contributed by atoms with E-state index < -0.39 is 0 Å². The maximum atomic E-state index is 10.1.